The molecule has 0 fully saturated rings. The first kappa shape index (κ1) is 13.7. The number of aryl methyl sites for hydroxylation is 2. The van der Waals surface area contributed by atoms with E-state index in [1.807, 2.05) is 13.8 Å². The van der Waals surface area contributed by atoms with Gasteiger partial charge in [-0.05, 0) is 44.4 Å². The number of benzene rings is 1. The number of nitrogens with two attached hydrogens (primary N) is 1. The molecule has 0 radical (unpaired) electrons. The molecular formula is C14H22N2O. The standard InChI is InChI=1S/C14H22N2O/c1-10-5-6-12(7-11(10)2)8-16-9-14(3,4)13(15)17/h5-7,16H,8-9H2,1-4H3,(H2,15,17). The molecule has 1 aromatic rings. The number of hydrogen-bond acceptors (Lipinski definition) is 2. The van der Waals surface area contributed by atoms with Crippen molar-refractivity contribution in [3.8, 4) is 0 Å². The fourth-order valence-corrected chi connectivity index (χ4v) is 1.52. The Balaban J connectivity index is 2.51. The highest BCUT2D eigenvalue weighted by atomic mass is 16.1. The van der Waals surface area contributed by atoms with E-state index in [2.05, 4.69) is 37.4 Å². The predicted molar refractivity (Wildman–Crippen MR) is 70.6 cm³/mol. The molecule has 1 amide bonds. The van der Waals surface area contributed by atoms with Crippen LogP contribution < -0.4 is 11.1 Å². The van der Waals surface area contributed by atoms with Gasteiger partial charge in [0.15, 0.2) is 0 Å². The second kappa shape index (κ2) is 5.32. The summed E-state index contributed by atoms with van der Waals surface area (Å²) < 4.78 is 0. The number of hydrogen-bond donors (Lipinski definition) is 2. The summed E-state index contributed by atoms with van der Waals surface area (Å²) in [5, 5.41) is 3.27. The SMILES string of the molecule is Cc1ccc(CNCC(C)(C)C(N)=O)cc1C. The van der Waals surface area contributed by atoms with Gasteiger partial charge < -0.3 is 11.1 Å². The van der Waals surface area contributed by atoms with Gasteiger partial charge in [0.2, 0.25) is 5.91 Å². The molecule has 1 rings (SSSR count). The van der Waals surface area contributed by atoms with Crippen LogP contribution in [0.2, 0.25) is 0 Å². The van der Waals surface area contributed by atoms with E-state index in [0.29, 0.717) is 6.54 Å². The van der Waals surface area contributed by atoms with Crippen molar-refractivity contribution in [2.24, 2.45) is 11.1 Å². The van der Waals surface area contributed by atoms with Crippen molar-refractivity contribution in [2.75, 3.05) is 6.54 Å². The Morgan fingerprint density at radius 2 is 1.94 bits per heavy atom. The van der Waals surface area contributed by atoms with E-state index in [4.69, 9.17) is 5.73 Å². The molecule has 1 aromatic carbocycles. The maximum absolute atomic E-state index is 11.1. The van der Waals surface area contributed by atoms with Crippen molar-refractivity contribution in [3.63, 3.8) is 0 Å². The van der Waals surface area contributed by atoms with E-state index in [9.17, 15) is 4.79 Å². The minimum absolute atomic E-state index is 0.273. The van der Waals surface area contributed by atoms with Gasteiger partial charge in [-0.2, -0.15) is 0 Å². The minimum atomic E-state index is -0.500. The van der Waals surface area contributed by atoms with Crippen molar-refractivity contribution < 1.29 is 4.79 Å². The van der Waals surface area contributed by atoms with Crippen LogP contribution in [0.4, 0.5) is 0 Å². The molecule has 3 nitrogen and oxygen atoms in total. The molecule has 3 N–H and O–H groups in total. The summed E-state index contributed by atoms with van der Waals surface area (Å²) in [7, 11) is 0. The summed E-state index contributed by atoms with van der Waals surface area (Å²) in [6, 6.07) is 6.39. The summed E-state index contributed by atoms with van der Waals surface area (Å²) in [6.07, 6.45) is 0. The van der Waals surface area contributed by atoms with Gasteiger partial charge in [-0.3, -0.25) is 4.79 Å². The first-order valence-corrected chi connectivity index (χ1v) is 5.90. The molecule has 0 aromatic heterocycles. The Labute approximate surface area is 103 Å². The van der Waals surface area contributed by atoms with Crippen molar-refractivity contribution in [2.45, 2.75) is 34.2 Å². The zero-order chi connectivity index (χ0) is 13.1. The molecule has 0 heterocycles. The van der Waals surface area contributed by atoms with E-state index in [-0.39, 0.29) is 5.91 Å². The van der Waals surface area contributed by atoms with Gasteiger partial charge in [-0.25, -0.2) is 0 Å². The fourth-order valence-electron chi connectivity index (χ4n) is 1.52. The van der Waals surface area contributed by atoms with Crippen LogP contribution in [0, 0.1) is 19.3 Å². The Hall–Kier alpha value is -1.35. The van der Waals surface area contributed by atoms with Gasteiger partial charge in [-0.1, -0.05) is 18.2 Å². The Morgan fingerprint density at radius 3 is 2.47 bits per heavy atom. The number of carbonyl (C=O) groups is 1. The molecule has 0 aliphatic heterocycles. The zero-order valence-electron chi connectivity index (χ0n) is 11.1. The molecule has 0 bridgehead atoms. The van der Waals surface area contributed by atoms with Gasteiger partial charge >= 0.3 is 0 Å². The van der Waals surface area contributed by atoms with Gasteiger partial charge in [0.25, 0.3) is 0 Å². The monoisotopic (exact) mass is 234 g/mol. The number of rotatable bonds is 5. The normalized spacial score (nSPS) is 11.5. The Bertz CT molecular complexity index is 411. The van der Waals surface area contributed by atoms with E-state index in [1.165, 1.54) is 16.7 Å². The van der Waals surface area contributed by atoms with Crippen LogP contribution in [-0.4, -0.2) is 12.5 Å². The summed E-state index contributed by atoms with van der Waals surface area (Å²) in [6.45, 7) is 9.26. The van der Waals surface area contributed by atoms with Crippen molar-refractivity contribution >= 4 is 5.91 Å². The number of nitrogens with one attached hydrogen (secondary N) is 1. The summed E-state index contributed by atoms with van der Waals surface area (Å²) in [4.78, 5) is 11.1. The van der Waals surface area contributed by atoms with Crippen LogP contribution >= 0.6 is 0 Å². The molecule has 0 aliphatic rings. The van der Waals surface area contributed by atoms with Gasteiger partial charge in [0, 0.05) is 13.1 Å². The first-order valence-electron chi connectivity index (χ1n) is 5.90. The predicted octanol–water partition coefficient (Wildman–Crippen LogP) is 1.90. The first-order chi connectivity index (χ1) is 7.83. The van der Waals surface area contributed by atoms with Gasteiger partial charge in [0.1, 0.15) is 0 Å². The smallest absolute Gasteiger partial charge is 0.224 e. The minimum Gasteiger partial charge on any atom is -0.369 e. The number of primary amides is 1. The number of carbonyl (C=O) groups excluding carboxylic acids is 1. The second-order valence-corrected chi connectivity index (χ2v) is 5.27. The van der Waals surface area contributed by atoms with Crippen LogP contribution in [0.25, 0.3) is 0 Å². The van der Waals surface area contributed by atoms with Crippen LogP contribution in [0.5, 0.6) is 0 Å². The van der Waals surface area contributed by atoms with E-state index in [1.54, 1.807) is 0 Å². The van der Waals surface area contributed by atoms with Crippen molar-refractivity contribution in [3.05, 3.63) is 34.9 Å². The summed E-state index contributed by atoms with van der Waals surface area (Å²) >= 11 is 0. The van der Waals surface area contributed by atoms with Crippen molar-refractivity contribution in [1.29, 1.82) is 0 Å². The van der Waals surface area contributed by atoms with E-state index >= 15 is 0 Å². The maximum Gasteiger partial charge on any atom is 0.224 e. The molecule has 0 unspecified atom stereocenters. The average Bonchev–Trinajstić information content (AvgIpc) is 2.23. The molecule has 0 spiro atoms. The lowest BCUT2D eigenvalue weighted by molar-refractivity contribution is -0.125. The molecule has 0 saturated heterocycles. The third-order valence-electron chi connectivity index (χ3n) is 3.13. The summed E-state index contributed by atoms with van der Waals surface area (Å²) in [5.41, 5.74) is 8.63. The summed E-state index contributed by atoms with van der Waals surface area (Å²) in [5.74, 6) is -0.273. The van der Waals surface area contributed by atoms with Crippen LogP contribution in [0.3, 0.4) is 0 Å². The topological polar surface area (TPSA) is 55.1 Å². The average molecular weight is 234 g/mol. The molecule has 0 saturated carbocycles. The molecule has 3 heteroatoms. The van der Waals surface area contributed by atoms with E-state index in [0.717, 1.165) is 6.54 Å². The lowest BCUT2D eigenvalue weighted by Crippen LogP contribution is -2.40. The molecule has 0 atom stereocenters. The quantitative estimate of drug-likeness (QED) is 0.817. The van der Waals surface area contributed by atoms with Crippen molar-refractivity contribution in [1.82, 2.24) is 5.32 Å². The third kappa shape index (κ3) is 3.86. The lowest BCUT2D eigenvalue weighted by Gasteiger charge is -2.20. The van der Waals surface area contributed by atoms with Crippen LogP contribution in [-0.2, 0) is 11.3 Å². The fraction of sp³-hybridized carbons (Fsp3) is 0.500. The van der Waals surface area contributed by atoms with Crippen LogP contribution in [0.1, 0.15) is 30.5 Å². The van der Waals surface area contributed by atoms with Gasteiger partial charge in [0.05, 0.1) is 5.41 Å². The lowest BCUT2D eigenvalue weighted by atomic mass is 9.92. The Morgan fingerprint density at radius 1 is 1.29 bits per heavy atom. The maximum atomic E-state index is 11.1. The third-order valence-corrected chi connectivity index (χ3v) is 3.13. The van der Waals surface area contributed by atoms with Crippen LogP contribution in [0.15, 0.2) is 18.2 Å². The zero-order valence-corrected chi connectivity index (χ0v) is 11.1. The highest BCUT2D eigenvalue weighted by molar-refractivity contribution is 5.80. The Kier molecular flexibility index (Phi) is 4.29. The molecule has 17 heavy (non-hydrogen) atoms. The molecule has 0 aliphatic carbocycles. The molecule has 94 valence electrons. The van der Waals surface area contributed by atoms with E-state index < -0.39 is 5.41 Å². The largest absolute Gasteiger partial charge is 0.369 e. The molecular weight excluding hydrogens is 212 g/mol. The number of amides is 1. The van der Waals surface area contributed by atoms with Gasteiger partial charge in [-0.15, -0.1) is 0 Å². The highest BCUT2D eigenvalue weighted by Gasteiger charge is 2.23. The highest BCUT2D eigenvalue weighted by Crippen LogP contribution is 2.13. The second-order valence-electron chi connectivity index (χ2n) is 5.27.